The van der Waals surface area contributed by atoms with Crippen LogP contribution in [-0.4, -0.2) is 55.1 Å². The number of urea groups is 1. The van der Waals surface area contributed by atoms with Gasteiger partial charge in [0, 0.05) is 27.2 Å². The van der Waals surface area contributed by atoms with E-state index in [9.17, 15) is 14.4 Å². The van der Waals surface area contributed by atoms with Gasteiger partial charge in [0.05, 0.1) is 11.8 Å². The molecule has 19 heavy (non-hydrogen) atoms. The third kappa shape index (κ3) is 6.08. The minimum absolute atomic E-state index is 0.0867. The zero-order valence-corrected chi connectivity index (χ0v) is 11.9. The number of hydrogen-bond acceptors (Lipinski definition) is 3. The summed E-state index contributed by atoms with van der Waals surface area (Å²) in [4.78, 5) is 35.2. The van der Waals surface area contributed by atoms with E-state index in [1.165, 1.54) is 11.9 Å². The van der Waals surface area contributed by atoms with E-state index in [0.717, 1.165) is 0 Å². The summed E-state index contributed by atoms with van der Waals surface area (Å²) in [5.41, 5.74) is 0. The Bertz CT molecular complexity index is 333. The Balaban J connectivity index is 4.20. The fourth-order valence-electron chi connectivity index (χ4n) is 1.57. The number of hydrogen-bond donors (Lipinski definition) is 3. The van der Waals surface area contributed by atoms with Crippen LogP contribution in [0.1, 0.15) is 20.3 Å². The summed E-state index contributed by atoms with van der Waals surface area (Å²) in [7, 11) is 3.11. The van der Waals surface area contributed by atoms with E-state index in [0.29, 0.717) is 6.42 Å². The number of carbonyl (C=O) groups is 3. The number of carbonyl (C=O) groups excluding carboxylic acids is 2. The Kier molecular flexibility index (Phi) is 7.55. The summed E-state index contributed by atoms with van der Waals surface area (Å²) in [6.07, 6.45) is 0.452. The average Bonchev–Trinajstić information content (AvgIpc) is 2.37. The Morgan fingerprint density at radius 1 is 1.32 bits per heavy atom. The fraction of sp³-hybridized carbons (Fsp3) is 0.750. The molecule has 0 aromatic heterocycles. The molecule has 0 spiro atoms. The molecule has 0 saturated carbocycles. The largest absolute Gasteiger partial charge is 0.481 e. The number of amides is 3. The van der Waals surface area contributed by atoms with Crippen LogP contribution in [0.4, 0.5) is 4.79 Å². The molecule has 0 aliphatic carbocycles. The summed E-state index contributed by atoms with van der Waals surface area (Å²) in [6, 6.07) is -0.379. The minimum Gasteiger partial charge on any atom is -0.481 e. The van der Waals surface area contributed by atoms with Crippen LogP contribution < -0.4 is 10.6 Å². The van der Waals surface area contributed by atoms with Crippen molar-refractivity contribution in [2.45, 2.75) is 20.3 Å². The van der Waals surface area contributed by atoms with Gasteiger partial charge < -0.3 is 20.6 Å². The van der Waals surface area contributed by atoms with E-state index >= 15 is 0 Å². The Labute approximate surface area is 113 Å². The molecule has 0 heterocycles. The van der Waals surface area contributed by atoms with Crippen LogP contribution in [0.25, 0.3) is 0 Å². The molecule has 0 bridgehead atoms. The molecule has 0 aliphatic heterocycles. The van der Waals surface area contributed by atoms with Crippen molar-refractivity contribution in [3.8, 4) is 0 Å². The zero-order chi connectivity index (χ0) is 15.0. The van der Waals surface area contributed by atoms with Crippen LogP contribution in [0.3, 0.4) is 0 Å². The summed E-state index contributed by atoms with van der Waals surface area (Å²) in [5.74, 6) is -1.98. The molecule has 0 saturated heterocycles. The van der Waals surface area contributed by atoms with E-state index < -0.39 is 11.9 Å². The Morgan fingerprint density at radius 2 is 1.89 bits per heavy atom. The van der Waals surface area contributed by atoms with Crippen LogP contribution in [0.15, 0.2) is 0 Å². The van der Waals surface area contributed by atoms with Crippen LogP contribution in [0.2, 0.25) is 0 Å². The molecule has 0 aromatic carbocycles. The quantitative estimate of drug-likeness (QED) is 0.613. The highest BCUT2D eigenvalue weighted by Crippen LogP contribution is 2.02. The standard InChI is InChI=1S/C12H23N3O4/c1-5-9(11(17)18)6-14-12(19)15(4)7-8(2)10(16)13-3/h8-9H,5-7H2,1-4H3,(H,13,16)(H,14,19)(H,17,18). The molecular formula is C12H23N3O4. The van der Waals surface area contributed by atoms with Gasteiger partial charge >= 0.3 is 12.0 Å². The van der Waals surface area contributed by atoms with Gasteiger partial charge in [0.1, 0.15) is 0 Å². The molecule has 2 unspecified atom stereocenters. The monoisotopic (exact) mass is 273 g/mol. The molecule has 3 N–H and O–H groups in total. The van der Waals surface area contributed by atoms with Gasteiger partial charge in [-0.05, 0) is 6.42 Å². The second-order valence-corrected chi connectivity index (χ2v) is 4.53. The van der Waals surface area contributed by atoms with E-state index in [4.69, 9.17) is 5.11 Å². The lowest BCUT2D eigenvalue weighted by Crippen LogP contribution is -2.44. The second-order valence-electron chi connectivity index (χ2n) is 4.53. The molecule has 3 amide bonds. The number of carboxylic acid groups (broad SMARTS) is 1. The van der Waals surface area contributed by atoms with Crippen molar-refractivity contribution in [2.24, 2.45) is 11.8 Å². The molecule has 110 valence electrons. The smallest absolute Gasteiger partial charge is 0.317 e. The van der Waals surface area contributed by atoms with Gasteiger partial charge in [-0.3, -0.25) is 9.59 Å². The highest BCUT2D eigenvalue weighted by Gasteiger charge is 2.19. The maximum Gasteiger partial charge on any atom is 0.317 e. The van der Waals surface area contributed by atoms with Crippen LogP contribution in [0, 0.1) is 11.8 Å². The van der Waals surface area contributed by atoms with Crippen molar-refractivity contribution in [3.63, 3.8) is 0 Å². The summed E-state index contributed by atoms with van der Waals surface area (Å²) in [6.45, 7) is 3.83. The highest BCUT2D eigenvalue weighted by atomic mass is 16.4. The lowest BCUT2D eigenvalue weighted by molar-refractivity contribution is -0.141. The topological polar surface area (TPSA) is 98.7 Å². The van der Waals surface area contributed by atoms with Crippen molar-refractivity contribution >= 4 is 17.9 Å². The first-order valence-electron chi connectivity index (χ1n) is 6.26. The molecule has 0 aliphatic rings. The Morgan fingerprint density at radius 3 is 2.32 bits per heavy atom. The van der Waals surface area contributed by atoms with Crippen LogP contribution in [-0.2, 0) is 9.59 Å². The van der Waals surface area contributed by atoms with Crippen molar-refractivity contribution in [2.75, 3.05) is 27.2 Å². The molecule has 0 fully saturated rings. The molecule has 0 radical (unpaired) electrons. The first-order valence-corrected chi connectivity index (χ1v) is 6.26. The molecule has 2 atom stereocenters. The van der Waals surface area contributed by atoms with Gasteiger partial charge in [-0.15, -0.1) is 0 Å². The molecule has 0 rings (SSSR count). The maximum absolute atomic E-state index is 11.7. The predicted octanol–water partition coefficient (Wildman–Crippen LogP) is 0.121. The van der Waals surface area contributed by atoms with Gasteiger partial charge in [0.15, 0.2) is 0 Å². The van der Waals surface area contributed by atoms with Gasteiger partial charge in [0.25, 0.3) is 0 Å². The van der Waals surface area contributed by atoms with Crippen LogP contribution >= 0.6 is 0 Å². The SMILES string of the molecule is CCC(CNC(=O)N(C)CC(C)C(=O)NC)C(=O)O. The first kappa shape index (κ1) is 17.2. The molecule has 7 heteroatoms. The number of carboxylic acids is 1. The van der Waals surface area contributed by atoms with Crippen molar-refractivity contribution in [1.29, 1.82) is 0 Å². The number of nitrogens with one attached hydrogen (secondary N) is 2. The van der Waals surface area contributed by atoms with Crippen molar-refractivity contribution < 1.29 is 19.5 Å². The second kappa shape index (κ2) is 8.34. The maximum atomic E-state index is 11.7. The van der Waals surface area contributed by atoms with Gasteiger partial charge in [-0.1, -0.05) is 13.8 Å². The summed E-state index contributed by atoms with van der Waals surface area (Å²) < 4.78 is 0. The third-order valence-corrected chi connectivity index (χ3v) is 2.93. The van der Waals surface area contributed by atoms with Crippen molar-refractivity contribution in [3.05, 3.63) is 0 Å². The average molecular weight is 273 g/mol. The van der Waals surface area contributed by atoms with Gasteiger partial charge in [-0.2, -0.15) is 0 Å². The normalized spacial score (nSPS) is 13.3. The first-order chi connectivity index (χ1) is 8.83. The molecule has 0 aromatic rings. The molecular weight excluding hydrogens is 250 g/mol. The lowest BCUT2D eigenvalue weighted by Gasteiger charge is -2.22. The van der Waals surface area contributed by atoms with E-state index in [1.807, 2.05) is 0 Å². The number of aliphatic carboxylic acids is 1. The molecule has 7 nitrogen and oxygen atoms in total. The van der Waals surface area contributed by atoms with Gasteiger partial charge in [-0.25, -0.2) is 4.79 Å². The van der Waals surface area contributed by atoms with Gasteiger partial charge in [0.2, 0.25) is 5.91 Å². The predicted molar refractivity (Wildman–Crippen MR) is 70.7 cm³/mol. The lowest BCUT2D eigenvalue weighted by atomic mass is 10.1. The number of rotatable bonds is 7. The van der Waals surface area contributed by atoms with Crippen molar-refractivity contribution in [1.82, 2.24) is 15.5 Å². The minimum atomic E-state index is -0.927. The zero-order valence-electron chi connectivity index (χ0n) is 11.9. The van der Waals surface area contributed by atoms with E-state index in [2.05, 4.69) is 10.6 Å². The summed E-state index contributed by atoms with van der Waals surface area (Å²) >= 11 is 0. The summed E-state index contributed by atoms with van der Waals surface area (Å²) in [5, 5.41) is 13.9. The van der Waals surface area contributed by atoms with Crippen LogP contribution in [0.5, 0.6) is 0 Å². The van der Waals surface area contributed by atoms with E-state index in [-0.39, 0.29) is 30.9 Å². The highest BCUT2D eigenvalue weighted by molar-refractivity contribution is 5.80. The third-order valence-electron chi connectivity index (χ3n) is 2.93. The number of nitrogens with zero attached hydrogens (tertiary/aromatic N) is 1. The Hall–Kier alpha value is -1.79. The fourth-order valence-corrected chi connectivity index (χ4v) is 1.57. The van der Waals surface area contributed by atoms with E-state index in [1.54, 1.807) is 20.9 Å².